The molecule has 0 aliphatic carbocycles. The van der Waals surface area contributed by atoms with E-state index >= 15 is 0 Å². The van der Waals surface area contributed by atoms with Crippen molar-refractivity contribution in [2.45, 2.75) is 168 Å². The quantitative estimate of drug-likeness (QED) is 0.144. The Morgan fingerprint density at radius 1 is 0.516 bits per heavy atom. The van der Waals surface area contributed by atoms with Crippen LogP contribution in [-0.4, -0.2) is 11.1 Å². The van der Waals surface area contributed by atoms with E-state index in [-0.39, 0.29) is 5.92 Å². The van der Waals surface area contributed by atoms with Crippen molar-refractivity contribution in [3.8, 4) is 0 Å². The molecule has 0 saturated heterocycles. The Labute approximate surface area is 196 Å². The molecule has 0 radical (unpaired) electrons. The molecule has 0 heterocycles. The van der Waals surface area contributed by atoms with Crippen LogP contribution in [0.4, 0.5) is 0 Å². The van der Waals surface area contributed by atoms with Crippen molar-refractivity contribution in [1.29, 1.82) is 0 Å². The second-order valence-corrected chi connectivity index (χ2v) is 10.2. The Bertz CT molecular complexity index is 366. The molecule has 0 spiro atoms. The second-order valence-electron chi connectivity index (χ2n) is 10.2. The van der Waals surface area contributed by atoms with Crippen LogP contribution in [0.3, 0.4) is 0 Å². The van der Waals surface area contributed by atoms with Gasteiger partial charge in [-0.15, -0.1) is 0 Å². The summed E-state index contributed by atoms with van der Waals surface area (Å²) in [5.74, 6) is -0.0453. The molecule has 0 aromatic heterocycles. The van der Waals surface area contributed by atoms with Gasteiger partial charge in [0.05, 0.1) is 5.92 Å². The molecular formula is C29H58O2. The molecule has 0 aliphatic rings. The van der Waals surface area contributed by atoms with Crippen LogP contribution in [0, 0.1) is 11.8 Å². The van der Waals surface area contributed by atoms with E-state index in [1.165, 1.54) is 128 Å². The third-order valence-corrected chi connectivity index (χ3v) is 7.04. The van der Waals surface area contributed by atoms with E-state index in [0.717, 1.165) is 19.3 Å². The molecule has 2 unspecified atom stereocenters. The number of carbonyl (C=O) groups is 1. The summed E-state index contributed by atoms with van der Waals surface area (Å²) in [6.07, 6.45) is 29.7. The molecular weight excluding hydrogens is 380 g/mol. The Hall–Kier alpha value is -0.530. The number of hydrogen-bond acceptors (Lipinski definition) is 1. The number of hydrogen-bond donors (Lipinski definition) is 1. The first-order valence-electron chi connectivity index (χ1n) is 14.4. The summed E-state index contributed by atoms with van der Waals surface area (Å²) in [6.45, 7) is 6.76. The van der Waals surface area contributed by atoms with Crippen LogP contribution in [0.25, 0.3) is 0 Å². The fraction of sp³-hybridized carbons (Fsp3) is 0.966. The Balaban J connectivity index is 3.66. The molecule has 0 aromatic rings. The Kier molecular flexibility index (Phi) is 23.7. The standard InChI is InChI=1S/C29H58O2/c1-4-7-9-10-11-12-13-14-15-16-17-18-19-20-22-25-28(29(30)31)26-27(23-6-3)24-21-8-5-2/h27-28H,4-26H2,1-3H3,(H,30,31). The molecule has 0 bridgehead atoms. The summed E-state index contributed by atoms with van der Waals surface area (Å²) in [5.41, 5.74) is 0. The van der Waals surface area contributed by atoms with Gasteiger partial charge in [-0.1, -0.05) is 156 Å². The van der Waals surface area contributed by atoms with Gasteiger partial charge in [-0.3, -0.25) is 4.79 Å². The van der Waals surface area contributed by atoms with Crippen LogP contribution in [0.2, 0.25) is 0 Å². The average Bonchev–Trinajstić information content (AvgIpc) is 2.75. The predicted molar refractivity (Wildman–Crippen MR) is 138 cm³/mol. The number of rotatable bonds is 25. The maximum Gasteiger partial charge on any atom is 0.306 e. The summed E-state index contributed by atoms with van der Waals surface area (Å²) in [5, 5.41) is 9.68. The molecule has 2 heteroatoms. The van der Waals surface area contributed by atoms with E-state index in [4.69, 9.17) is 0 Å². The maximum atomic E-state index is 11.7. The van der Waals surface area contributed by atoms with E-state index in [2.05, 4.69) is 20.8 Å². The molecule has 2 atom stereocenters. The van der Waals surface area contributed by atoms with E-state index in [1.54, 1.807) is 0 Å². The SMILES string of the molecule is CCCCCCCCCCCCCCCCCC(CC(CCC)CCCCC)C(=O)O. The van der Waals surface area contributed by atoms with Gasteiger partial charge in [-0.05, 0) is 18.8 Å². The molecule has 0 amide bonds. The lowest BCUT2D eigenvalue weighted by Gasteiger charge is -2.21. The molecule has 186 valence electrons. The van der Waals surface area contributed by atoms with Crippen LogP contribution in [0.15, 0.2) is 0 Å². The van der Waals surface area contributed by atoms with Crippen LogP contribution < -0.4 is 0 Å². The minimum atomic E-state index is -0.554. The van der Waals surface area contributed by atoms with Crippen LogP contribution in [-0.2, 0) is 4.79 Å². The molecule has 0 rings (SSSR count). The van der Waals surface area contributed by atoms with E-state index in [9.17, 15) is 9.90 Å². The van der Waals surface area contributed by atoms with Crippen molar-refractivity contribution in [3.63, 3.8) is 0 Å². The lowest BCUT2D eigenvalue weighted by atomic mass is 9.85. The van der Waals surface area contributed by atoms with Gasteiger partial charge in [0.1, 0.15) is 0 Å². The largest absolute Gasteiger partial charge is 0.481 e. The zero-order valence-electron chi connectivity index (χ0n) is 21.8. The van der Waals surface area contributed by atoms with E-state index in [1.807, 2.05) is 0 Å². The fourth-order valence-corrected chi connectivity index (χ4v) is 4.98. The number of carboxylic acids is 1. The summed E-state index contributed by atoms with van der Waals surface area (Å²) < 4.78 is 0. The van der Waals surface area contributed by atoms with Gasteiger partial charge in [0.2, 0.25) is 0 Å². The summed E-state index contributed by atoms with van der Waals surface area (Å²) in [7, 11) is 0. The van der Waals surface area contributed by atoms with Crippen molar-refractivity contribution in [2.24, 2.45) is 11.8 Å². The van der Waals surface area contributed by atoms with Crippen molar-refractivity contribution in [3.05, 3.63) is 0 Å². The minimum Gasteiger partial charge on any atom is -0.481 e. The van der Waals surface area contributed by atoms with Crippen molar-refractivity contribution in [2.75, 3.05) is 0 Å². The zero-order chi connectivity index (χ0) is 23.0. The number of aliphatic carboxylic acids is 1. The first-order chi connectivity index (χ1) is 15.2. The zero-order valence-corrected chi connectivity index (χ0v) is 21.8. The number of carboxylic acid groups (broad SMARTS) is 1. The van der Waals surface area contributed by atoms with Crippen molar-refractivity contribution in [1.82, 2.24) is 0 Å². The predicted octanol–water partition coefficient (Wildman–Crippen LogP) is 10.3. The highest BCUT2D eigenvalue weighted by molar-refractivity contribution is 5.69. The third-order valence-electron chi connectivity index (χ3n) is 7.04. The number of unbranched alkanes of at least 4 members (excludes halogenated alkanes) is 16. The van der Waals surface area contributed by atoms with Gasteiger partial charge in [0.25, 0.3) is 0 Å². The van der Waals surface area contributed by atoms with Gasteiger partial charge >= 0.3 is 5.97 Å². The molecule has 0 aromatic carbocycles. The summed E-state index contributed by atoms with van der Waals surface area (Å²) in [6, 6.07) is 0. The fourth-order valence-electron chi connectivity index (χ4n) is 4.98. The molecule has 1 N–H and O–H groups in total. The van der Waals surface area contributed by atoms with Crippen LogP contribution >= 0.6 is 0 Å². The topological polar surface area (TPSA) is 37.3 Å². The monoisotopic (exact) mass is 438 g/mol. The normalized spacial score (nSPS) is 13.4. The van der Waals surface area contributed by atoms with Gasteiger partial charge in [0, 0.05) is 0 Å². The van der Waals surface area contributed by atoms with Crippen molar-refractivity contribution < 1.29 is 9.90 Å². The Morgan fingerprint density at radius 3 is 1.32 bits per heavy atom. The van der Waals surface area contributed by atoms with Gasteiger partial charge < -0.3 is 5.11 Å². The Morgan fingerprint density at radius 2 is 0.903 bits per heavy atom. The second kappa shape index (κ2) is 24.1. The molecule has 0 saturated carbocycles. The molecule has 0 aliphatic heterocycles. The van der Waals surface area contributed by atoms with Crippen molar-refractivity contribution >= 4 is 5.97 Å². The third kappa shape index (κ3) is 21.1. The van der Waals surface area contributed by atoms with Gasteiger partial charge in [0.15, 0.2) is 0 Å². The lowest BCUT2D eigenvalue weighted by molar-refractivity contribution is -0.142. The van der Waals surface area contributed by atoms with Crippen LogP contribution in [0.5, 0.6) is 0 Å². The van der Waals surface area contributed by atoms with Crippen LogP contribution in [0.1, 0.15) is 168 Å². The highest BCUT2D eigenvalue weighted by Gasteiger charge is 2.21. The van der Waals surface area contributed by atoms with Gasteiger partial charge in [-0.25, -0.2) is 0 Å². The highest BCUT2D eigenvalue weighted by Crippen LogP contribution is 2.27. The van der Waals surface area contributed by atoms with E-state index < -0.39 is 5.97 Å². The average molecular weight is 439 g/mol. The lowest BCUT2D eigenvalue weighted by Crippen LogP contribution is -2.18. The summed E-state index contributed by atoms with van der Waals surface area (Å²) >= 11 is 0. The molecule has 2 nitrogen and oxygen atoms in total. The first kappa shape index (κ1) is 30.5. The van der Waals surface area contributed by atoms with E-state index in [0.29, 0.717) is 5.92 Å². The molecule has 0 fully saturated rings. The smallest absolute Gasteiger partial charge is 0.306 e. The minimum absolute atomic E-state index is 0.111. The summed E-state index contributed by atoms with van der Waals surface area (Å²) in [4.78, 5) is 11.7. The highest BCUT2D eigenvalue weighted by atomic mass is 16.4. The first-order valence-corrected chi connectivity index (χ1v) is 14.4. The molecule has 31 heavy (non-hydrogen) atoms. The van der Waals surface area contributed by atoms with Gasteiger partial charge in [-0.2, -0.15) is 0 Å². The maximum absolute atomic E-state index is 11.7.